The molecule has 1 N–H and O–H groups in total. The van der Waals surface area contributed by atoms with Gasteiger partial charge in [-0.2, -0.15) is 0 Å². The topological polar surface area (TPSA) is 75.4 Å². The van der Waals surface area contributed by atoms with E-state index in [-0.39, 0.29) is 17.0 Å². The van der Waals surface area contributed by atoms with Crippen LogP contribution in [0.2, 0.25) is 5.15 Å². The predicted octanol–water partition coefficient (Wildman–Crippen LogP) is 4.10. The summed E-state index contributed by atoms with van der Waals surface area (Å²) in [5, 5.41) is 3.14. The number of aryl methyl sites for hydroxylation is 1. The van der Waals surface area contributed by atoms with E-state index in [1.807, 2.05) is 37.3 Å². The normalized spacial score (nSPS) is 10.6. The van der Waals surface area contributed by atoms with Gasteiger partial charge in [0.25, 0.3) is 11.8 Å². The molecule has 0 atom stereocenters. The predicted molar refractivity (Wildman–Crippen MR) is 111 cm³/mol. The maximum absolute atomic E-state index is 13.0. The lowest BCUT2D eigenvalue weighted by atomic mass is 10.2. The summed E-state index contributed by atoms with van der Waals surface area (Å²) in [7, 11) is 0. The number of furan rings is 1. The minimum atomic E-state index is -0.201. The first-order chi connectivity index (χ1) is 14.0. The van der Waals surface area contributed by atoms with E-state index in [2.05, 4.69) is 10.3 Å². The second-order valence-corrected chi connectivity index (χ2v) is 7.02. The van der Waals surface area contributed by atoms with Crippen molar-refractivity contribution in [2.24, 2.45) is 0 Å². The van der Waals surface area contributed by atoms with Gasteiger partial charge in [-0.3, -0.25) is 9.59 Å². The Balaban J connectivity index is 1.62. The highest BCUT2D eigenvalue weighted by molar-refractivity contribution is 6.29. The molecule has 0 aliphatic carbocycles. The summed E-state index contributed by atoms with van der Waals surface area (Å²) >= 11 is 5.94. The van der Waals surface area contributed by atoms with Crippen LogP contribution in [0.15, 0.2) is 65.5 Å². The van der Waals surface area contributed by atoms with Gasteiger partial charge in [-0.15, -0.1) is 0 Å². The number of benzene rings is 1. The smallest absolute Gasteiger partial charge is 0.272 e. The number of carbonyl (C=O) groups excluding carboxylic acids is 2. The number of hydrogen-bond donors (Lipinski definition) is 1. The third-order valence-electron chi connectivity index (χ3n) is 4.43. The van der Waals surface area contributed by atoms with Crippen LogP contribution >= 0.6 is 11.6 Å². The molecule has 0 unspecified atom stereocenters. The van der Waals surface area contributed by atoms with E-state index in [0.717, 1.165) is 11.1 Å². The summed E-state index contributed by atoms with van der Waals surface area (Å²) in [5.74, 6) is -0.387. The van der Waals surface area contributed by atoms with Gasteiger partial charge in [0.05, 0.1) is 11.8 Å². The molecule has 0 spiro atoms. The van der Waals surface area contributed by atoms with Crippen LogP contribution in [0.4, 0.5) is 0 Å². The fraction of sp³-hybridized carbons (Fsp3) is 0.227. The maximum atomic E-state index is 13.0. The lowest BCUT2D eigenvalue weighted by Gasteiger charge is -2.23. The highest BCUT2D eigenvalue weighted by Gasteiger charge is 2.18. The molecule has 1 aromatic carbocycles. The average molecular weight is 412 g/mol. The number of rotatable bonds is 8. The zero-order valence-electron chi connectivity index (χ0n) is 16.1. The van der Waals surface area contributed by atoms with Gasteiger partial charge in [0.2, 0.25) is 0 Å². The summed E-state index contributed by atoms with van der Waals surface area (Å²) in [6.07, 6.45) is 3.57. The molecule has 7 heteroatoms. The largest absolute Gasteiger partial charge is 0.471 e. The summed E-state index contributed by atoms with van der Waals surface area (Å²) in [6.45, 7) is 3.16. The maximum Gasteiger partial charge on any atom is 0.272 e. The SMILES string of the molecule is Cc1cocc1C(=O)NCCCN(Cc1ccccc1)C(=O)c1cccc(Cl)n1. The zero-order valence-corrected chi connectivity index (χ0v) is 16.9. The molecule has 0 aliphatic heterocycles. The molecule has 0 aliphatic rings. The van der Waals surface area contributed by atoms with Crippen molar-refractivity contribution in [3.8, 4) is 0 Å². The number of nitrogens with one attached hydrogen (secondary N) is 1. The van der Waals surface area contributed by atoms with Gasteiger partial charge in [-0.05, 0) is 36.6 Å². The van der Waals surface area contributed by atoms with Crippen molar-refractivity contribution >= 4 is 23.4 Å². The lowest BCUT2D eigenvalue weighted by molar-refractivity contribution is 0.0735. The van der Waals surface area contributed by atoms with E-state index >= 15 is 0 Å². The Morgan fingerprint density at radius 3 is 2.59 bits per heavy atom. The van der Waals surface area contributed by atoms with Crippen molar-refractivity contribution in [3.05, 3.63) is 88.6 Å². The quantitative estimate of drug-likeness (QED) is 0.447. The van der Waals surface area contributed by atoms with Crippen molar-refractivity contribution in [2.45, 2.75) is 19.9 Å². The molecule has 0 saturated carbocycles. The molecule has 0 saturated heterocycles. The van der Waals surface area contributed by atoms with Crippen molar-refractivity contribution in [3.63, 3.8) is 0 Å². The van der Waals surface area contributed by atoms with Crippen LogP contribution in [0, 0.1) is 6.92 Å². The van der Waals surface area contributed by atoms with Gasteiger partial charge in [-0.25, -0.2) is 4.98 Å². The first-order valence-electron chi connectivity index (χ1n) is 9.31. The third-order valence-corrected chi connectivity index (χ3v) is 4.64. The molecular formula is C22H22ClN3O3. The molecule has 0 bridgehead atoms. The Kier molecular flexibility index (Phi) is 7.03. The van der Waals surface area contributed by atoms with Crippen LogP contribution in [0.1, 0.15) is 38.4 Å². The molecule has 150 valence electrons. The summed E-state index contributed by atoms with van der Waals surface area (Å²) < 4.78 is 5.04. The summed E-state index contributed by atoms with van der Waals surface area (Å²) in [4.78, 5) is 31.0. The van der Waals surface area contributed by atoms with Crippen molar-refractivity contribution in [1.82, 2.24) is 15.2 Å². The number of nitrogens with zero attached hydrogens (tertiary/aromatic N) is 2. The van der Waals surface area contributed by atoms with E-state index in [0.29, 0.717) is 37.3 Å². The van der Waals surface area contributed by atoms with E-state index in [1.54, 1.807) is 23.1 Å². The molecule has 3 rings (SSSR count). The highest BCUT2D eigenvalue weighted by atomic mass is 35.5. The first kappa shape index (κ1) is 20.6. The van der Waals surface area contributed by atoms with E-state index in [4.69, 9.17) is 16.0 Å². The van der Waals surface area contributed by atoms with E-state index in [1.165, 1.54) is 12.5 Å². The number of halogens is 1. The van der Waals surface area contributed by atoms with Crippen LogP contribution in [0.5, 0.6) is 0 Å². The molecule has 0 radical (unpaired) electrons. The number of pyridine rings is 1. The first-order valence-corrected chi connectivity index (χ1v) is 9.69. The summed E-state index contributed by atoms with van der Waals surface area (Å²) in [6, 6.07) is 14.7. The van der Waals surface area contributed by atoms with Gasteiger partial charge in [0.15, 0.2) is 0 Å². The fourth-order valence-corrected chi connectivity index (χ4v) is 3.07. The summed E-state index contributed by atoms with van der Waals surface area (Å²) in [5.41, 5.74) is 2.62. The average Bonchev–Trinajstić information content (AvgIpc) is 3.16. The minimum Gasteiger partial charge on any atom is -0.471 e. The van der Waals surface area contributed by atoms with Gasteiger partial charge < -0.3 is 14.6 Å². The van der Waals surface area contributed by atoms with Crippen LogP contribution in [0.25, 0.3) is 0 Å². The van der Waals surface area contributed by atoms with Crippen LogP contribution in [0.3, 0.4) is 0 Å². The monoisotopic (exact) mass is 411 g/mol. The molecule has 0 fully saturated rings. The second kappa shape index (κ2) is 9.89. The third kappa shape index (κ3) is 5.68. The Morgan fingerprint density at radius 2 is 1.90 bits per heavy atom. The molecule has 2 amide bonds. The molecule has 3 aromatic rings. The number of amides is 2. The van der Waals surface area contributed by atoms with Crippen molar-refractivity contribution in [2.75, 3.05) is 13.1 Å². The van der Waals surface area contributed by atoms with Gasteiger partial charge in [0, 0.05) is 19.6 Å². The standard InChI is InChI=1S/C22H22ClN3O3/c1-16-14-29-15-18(16)21(27)24-11-6-12-26(13-17-7-3-2-4-8-17)22(28)19-9-5-10-20(23)25-19/h2-5,7-10,14-15H,6,11-13H2,1H3,(H,24,27). The molecule has 29 heavy (non-hydrogen) atoms. The highest BCUT2D eigenvalue weighted by Crippen LogP contribution is 2.12. The molecule has 2 aromatic heterocycles. The van der Waals surface area contributed by atoms with Gasteiger partial charge >= 0.3 is 0 Å². The Hall–Kier alpha value is -3.12. The Morgan fingerprint density at radius 1 is 1.10 bits per heavy atom. The van der Waals surface area contributed by atoms with E-state index in [9.17, 15) is 9.59 Å². The zero-order chi connectivity index (χ0) is 20.6. The molecule has 2 heterocycles. The van der Waals surface area contributed by atoms with Crippen LogP contribution in [-0.2, 0) is 6.54 Å². The molecule has 6 nitrogen and oxygen atoms in total. The number of hydrogen-bond acceptors (Lipinski definition) is 4. The van der Waals surface area contributed by atoms with Crippen LogP contribution in [-0.4, -0.2) is 34.8 Å². The number of aromatic nitrogens is 1. The van der Waals surface area contributed by atoms with Crippen molar-refractivity contribution < 1.29 is 14.0 Å². The van der Waals surface area contributed by atoms with Gasteiger partial charge in [0.1, 0.15) is 17.1 Å². The van der Waals surface area contributed by atoms with Gasteiger partial charge in [-0.1, -0.05) is 48.0 Å². The minimum absolute atomic E-state index is 0.186. The van der Waals surface area contributed by atoms with Crippen LogP contribution < -0.4 is 5.32 Å². The fourth-order valence-electron chi connectivity index (χ4n) is 2.91. The van der Waals surface area contributed by atoms with E-state index < -0.39 is 0 Å². The Labute approximate surface area is 174 Å². The Bertz CT molecular complexity index is 972. The number of carbonyl (C=O) groups is 2. The second-order valence-electron chi connectivity index (χ2n) is 6.64. The van der Waals surface area contributed by atoms with Crippen molar-refractivity contribution in [1.29, 1.82) is 0 Å². The lowest BCUT2D eigenvalue weighted by Crippen LogP contribution is -2.34. The molecular weight excluding hydrogens is 390 g/mol.